The molecular weight excluding hydrogens is 432 g/mol. The summed E-state index contributed by atoms with van der Waals surface area (Å²) in [5, 5.41) is 5.44. The lowest BCUT2D eigenvalue weighted by Gasteiger charge is -2.41. The molecule has 0 saturated heterocycles. The van der Waals surface area contributed by atoms with E-state index in [0.29, 0.717) is 29.4 Å². The first kappa shape index (κ1) is 21.6. The first-order chi connectivity index (χ1) is 15.0. The van der Waals surface area contributed by atoms with Gasteiger partial charge in [-0.2, -0.15) is 0 Å². The SMILES string of the molecule is COCCN1C(=O)c2ccccc2C(C(=O)Nc2ccc(C)cc2Cl)C1c1cccs1. The monoisotopic (exact) mass is 454 g/mol. The number of hydrogen-bond acceptors (Lipinski definition) is 4. The molecule has 4 rings (SSSR count). The Labute approximate surface area is 190 Å². The van der Waals surface area contributed by atoms with Gasteiger partial charge in [0.15, 0.2) is 0 Å². The van der Waals surface area contributed by atoms with Crippen molar-refractivity contribution < 1.29 is 14.3 Å². The number of methoxy groups -OCH3 is 1. The largest absolute Gasteiger partial charge is 0.383 e. The third-order valence-corrected chi connectivity index (χ3v) is 6.73. The van der Waals surface area contributed by atoms with Gasteiger partial charge >= 0.3 is 0 Å². The lowest BCUT2D eigenvalue weighted by Crippen LogP contribution is -2.47. The second-order valence-corrected chi connectivity index (χ2v) is 8.88. The summed E-state index contributed by atoms with van der Waals surface area (Å²) in [6.07, 6.45) is 0. The van der Waals surface area contributed by atoms with Gasteiger partial charge in [-0.25, -0.2) is 0 Å². The van der Waals surface area contributed by atoms with Gasteiger partial charge in [-0.05, 0) is 47.7 Å². The molecule has 2 amide bonds. The van der Waals surface area contributed by atoms with E-state index in [9.17, 15) is 9.59 Å². The molecule has 1 aliphatic heterocycles. The average molecular weight is 455 g/mol. The number of amides is 2. The van der Waals surface area contributed by atoms with Crippen LogP contribution in [-0.2, 0) is 9.53 Å². The van der Waals surface area contributed by atoms with Crippen LogP contribution in [0.1, 0.15) is 38.3 Å². The lowest BCUT2D eigenvalue weighted by molar-refractivity contribution is -0.119. The minimum Gasteiger partial charge on any atom is -0.383 e. The molecule has 1 aliphatic rings. The van der Waals surface area contributed by atoms with E-state index in [2.05, 4.69) is 5.32 Å². The van der Waals surface area contributed by atoms with E-state index >= 15 is 0 Å². The fourth-order valence-corrected chi connectivity index (χ4v) is 5.17. The van der Waals surface area contributed by atoms with E-state index in [-0.39, 0.29) is 11.8 Å². The predicted octanol–water partition coefficient (Wildman–Crippen LogP) is 5.28. The second-order valence-electron chi connectivity index (χ2n) is 7.49. The number of rotatable bonds is 6. The Morgan fingerprint density at radius 2 is 2.00 bits per heavy atom. The number of hydrogen-bond donors (Lipinski definition) is 1. The minimum atomic E-state index is -0.582. The van der Waals surface area contributed by atoms with Crippen LogP contribution in [0.15, 0.2) is 60.0 Å². The molecular formula is C24H23ClN2O3S. The number of nitrogens with one attached hydrogen (secondary N) is 1. The maximum Gasteiger partial charge on any atom is 0.254 e. The molecule has 0 aliphatic carbocycles. The van der Waals surface area contributed by atoms with Gasteiger partial charge in [0, 0.05) is 24.1 Å². The van der Waals surface area contributed by atoms with Gasteiger partial charge in [0.1, 0.15) is 0 Å². The molecule has 2 atom stereocenters. The van der Waals surface area contributed by atoms with Crippen LogP contribution in [0, 0.1) is 6.92 Å². The van der Waals surface area contributed by atoms with E-state index in [0.717, 1.165) is 16.0 Å². The van der Waals surface area contributed by atoms with Gasteiger partial charge in [-0.3, -0.25) is 9.59 Å². The molecule has 2 heterocycles. The summed E-state index contributed by atoms with van der Waals surface area (Å²) in [6, 6.07) is 16.3. The number of fused-ring (bicyclic) bond motifs is 1. The van der Waals surface area contributed by atoms with Crippen molar-refractivity contribution in [3.63, 3.8) is 0 Å². The molecule has 31 heavy (non-hydrogen) atoms. The zero-order valence-electron chi connectivity index (χ0n) is 17.3. The van der Waals surface area contributed by atoms with Crippen molar-refractivity contribution in [1.82, 2.24) is 4.90 Å². The number of ether oxygens (including phenoxy) is 1. The highest BCUT2D eigenvalue weighted by atomic mass is 35.5. The molecule has 3 aromatic rings. The Hall–Kier alpha value is -2.67. The summed E-state index contributed by atoms with van der Waals surface area (Å²) in [5.41, 5.74) is 2.83. The zero-order valence-corrected chi connectivity index (χ0v) is 18.9. The molecule has 0 fully saturated rings. The molecule has 1 N–H and O–H groups in total. The smallest absolute Gasteiger partial charge is 0.254 e. The van der Waals surface area contributed by atoms with E-state index < -0.39 is 12.0 Å². The minimum absolute atomic E-state index is 0.0940. The highest BCUT2D eigenvalue weighted by Crippen LogP contribution is 2.44. The number of benzene rings is 2. The fraction of sp³-hybridized carbons (Fsp3) is 0.250. The summed E-state index contributed by atoms with van der Waals surface area (Å²) in [4.78, 5) is 29.7. The predicted molar refractivity (Wildman–Crippen MR) is 124 cm³/mol. The maximum absolute atomic E-state index is 13.7. The van der Waals surface area contributed by atoms with Gasteiger partial charge < -0.3 is 15.0 Å². The molecule has 0 radical (unpaired) electrons. The maximum atomic E-state index is 13.7. The van der Waals surface area contributed by atoms with Crippen molar-refractivity contribution in [3.05, 3.63) is 86.6 Å². The van der Waals surface area contributed by atoms with E-state index in [1.807, 2.05) is 54.8 Å². The Balaban J connectivity index is 1.80. The number of nitrogens with zero attached hydrogens (tertiary/aromatic N) is 1. The van der Waals surface area contributed by atoms with Gasteiger partial charge in [-0.1, -0.05) is 41.9 Å². The van der Waals surface area contributed by atoms with Gasteiger partial charge in [-0.15, -0.1) is 11.3 Å². The van der Waals surface area contributed by atoms with Crippen LogP contribution in [0.2, 0.25) is 5.02 Å². The molecule has 1 aromatic heterocycles. The molecule has 0 spiro atoms. The summed E-state index contributed by atoms with van der Waals surface area (Å²) in [6.45, 7) is 2.72. The lowest BCUT2D eigenvalue weighted by atomic mass is 9.81. The number of carbonyl (C=O) groups is 2. The normalized spacial score (nSPS) is 18.0. The van der Waals surface area contributed by atoms with E-state index in [1.165, 1.54) is 11.3 Å². The van der Waals surface area contributed by atoms with Crippen molar-refractivity contribution in [1.29, 1.82) is 0 Å². The first-order valence-electron chi connectivity index (χ1n) is 10.0. The van der Waals surface area contributed by atoms with Crippen LogP contribution in [0.4, 0.5) is 5.69 Å². The van der Waals surface area contributed by atoms with Crippen molar-refractivity contribution >= 4 is 40.4 Å². The second kappa shape index (κ2) is 9.22. The molecule has 5 nitrogen and oxygen atoms in total. The molecule has 2 aromatic carbocycles. The number of halogens is 1. The highest BCUT2D eigenvalue weighted by Gasteiger charge is 2.44. The molecule has 0 bridgehead atoms. The topological polar surface area (TPSA) is 58.6 Å². The van der Waals surface area contributed by atoms with Crippen molar-refractivity contribution in [2.75, 3.05) is 25.6 Å². The number of anilines is 1. The number of aryl methyl sites for hydroxylation is 1. The summed E-state index contributed by atoms with van der Waals surface area (Å²) < 4.78 is 5.26. The Morgan fingerprint density at radius 3 is 2.71 bits per heavy atom. The summed E-state index contributed by atoms with van der Waals surface area (Å²) >= 11 is 7.91. The Bertz CT molecular complexity index is 1100. The van der Waals surface area contributed by atoms with E-state index in [4.69, 9.17) is 16.3 Å². The molecule has 160 valence electrons. The molecule has 7 heteroatoms. The van der Waals surface area contributed by atoms with Crippen LogP contribution in [-0.4, -0.2) is 37.0 Å². The van der Waals surface area contributed by atoms with Crippen LogP contribution in [0.5, 0.6) is 0 Å². The van der Waals surface area contributed by atoms with Crippen molar-refractivity contribution in [2.45, 2.75) is 18.9 Å². The summed E-state index contributed by atoms with van der Waals surface area (Å²) in [7, 11) is 1.60. The van der Waals surface area contributed by atoms with Crippen LogP contribution in [0.25, 0.3) is 0 Å². The van der Waals surface area contributed by atoms with E-state index in [1.54, 1.807) is 24.1 Å². The summed E-state index contributed by atoms with van der Waals surface area (Å²) in [5.74, 6) is -0.878. The Morgan fingerprint density at radius 1 is 1.19 bits per heavy atom. The van der Waals surface area contributed by atoms with Crippen molar-refractivity contribution in [2.24, 2.45) is 0 Å². The molecule has 0 saturated carbocycles. The van der Waals surface area contributed by atoms with Crippen molar-refractivity contribution in [3.8, 4) is 0 Å². The third kappa shape index (κ3) is 4.24. The van der Waals surface area contributed by atoms with Gasteiger partial charge in [0.05, 0.1) is 29.3 Å². The number of carbonyl (C=O) groups excluding carboxylic acids is 2. The highest BCUT2D eigenvalue weighted by molar-refractivity contribution is 7.10. The van der Waals surface area contributed by atoms with Gasteiger partial charge in [0.2, 0.25) is 5.91 Å². The standard InChI is InChI=1S/C24H23ClN2O3S/c1-15-9-10-19(18(25)14-15)26-23(28)21-16-6-3-4-7-17(16)24(29)27(11-12-30-2)22(21)20-8-5-13-31-20/h3-10,13-14,21-22H,11-12H2,1-2H3,(H,26,28). The quantitative estimate of drug-likeness (QED) is 0.551. The van der Waals surface area contributed by atoms with Crippen LogP contribution >= 0.6 is 22.9 Å². The fourth-order valence-electron chi connectivity index (χ4n) is 4.02. The number of thiophene rings is 1. The van der Waals surface area contributed by atoms with Crippen LogP contribution < -0.4 is 5.32 Å². The third-order valence-electron chi connectivity index (χ3n) is 5.47. The molecule has 2 unspecified atom stereocenters. The zero-order chi connectivity index (χ0) is 22.0. The first-order valence-corrected chi connectivity index (χ1v) is 11.3. The van der Waals surface area contributed by atoms with Crippen LogP contribution in [0.3, 0.4) is 0 Å². The average Bonchev–Trinajstić information content (AvgIpc) is 3.29. The Kier molecular flexibility index (Phi) is 6.41. The van der Waals surface area contributed by atoms with Gasteiger partial charge in [0.25, 0.3) is 5.91 Å².